The molecule has 11 nitrogen and oxygen atoms in total. The zero-order valence-corrected chi connectivity index (χ0v) is 22.3. The van der Waals surface area contributed by atoms with Crippen LogP contribution >= 0.6 is 7.60 Å². The van der Waals surface area contributed by atoms with Crippen LogP contribution in [0.25, 0.3) is 0 Å². The number of anilines is 1. The number of nitrogens with two attached hydrogens (primary N) is 1. The Hall–Kier alpha value is -2.86. The van der Waals surface area contributed by atoms with E-state index in [1.807, 2.05) is 0 Å². The van der Waals surface area contributed by atoms with Gasteiger partial charge in [-0.25, -0.2) is 18.1 Å². The summed E-state index contributed by atoms with van der Waals surface area (Å²) in [5.41, 5.74) is 1.38. The van der Waals surface area contributed by atoms with Crippen LogP contribution in [0.1, 0.15) is 33.9 Å². The third-order valence-electron chi connectivity index (χ3n) is 5.84. The van der Waals surface area contributed by atoms with Crippen LogP contribution in [-0.2, 0) is 23.4 Å². The third-order valence-corrected chi connectivity index (χ3v) is 7.98. The first kappa shape index (κ1) is 29.7. The zero-order valence-electron chi connectivity index (χ0n) is 21.4. The van der Waals surface area contributed by atoms with Crippen LogP contribution in [0, 0.1) is 5.92 Å². The van der Waals surface area contributed by atoms with E-state index in [0.29, 0.717) is 4.57 Å². The molecule has 14 heteroatoms. The number of ether oxygens (including phenoxy) is 2. The number of carbonyl (C=O) groups excluding carboxylic acids is 1. The minimum Gasteiger partial charge on any atom is -0.463 e. The van der Waals surface area contributed by atoms with Gasteiger partial charge in [0.25, 0.3) is 0 Å². The average molecular weight is 560 g/mol. The topological polar surface area (TPSA) is 152 Å². The number of aliphatic hydroxyl groups is 1. The van der Waals surface area contributed by atoms with Gasteiger partial charge in [-0.15, -0.1) is 0 Å². The number of halogens is 2. The number of benzene rings is 1. The molecule has 7 atom stereocenters. The SMILES string of the molecule is CC(C)OC(=O)[C@H](C)C[P@](=O)(Oc1ccccc1)O[C@H](C)[C@H]1O[C@@H](n2ccc(N)nc2=O)C(F)(CF)[C@H]1O. The molecule has 2 aromatic rings. The van der Waals surface area contributed by atoms with Gasteiger partial charge in [-0.2, -0.15) is 4.98 Å². The molecule has 0 spiro atoms. The van der Waals surface area contributed by atoms with Crippen molar-refractivity contribution in [3.05, 3.63) is 53.1 Å². The number of nitrogens with zero attached hydrogens (tertiary/aromatic N) is 2. The molecule has 1 aliphatic heterocycles. The van der Waals surface area contributed by atoms with E-state index in [0.717, 1.165) is 6.20 Å². The molecule has 1 saturated heterocycles. The van der Waals surface area contributed by atoms with Crippen molar-refractivity contribution in [3.8, 4) is 5.75 Å². The van der Waals surface area contributed by atoms with Crippen molar-refractivity contribution in [1.82, 2.24) is 9.55 Å². The van der Waals surface area contributed by atoms with Gasteiger partial charge in [-0.1, -0.05) is 25.1 Å². The molecule has 0 amide bonds. The lowest BCUT2D eigenvalue weighted by Crippen LogP contribution is -2.48. The summed E-state index contributed by atoms with van der Waals surface area (Å²) in [4.78, 5) is 28.2. The summed E-state index contributed by atoms with van der Waals surface area (Å²) in [7, 11) is -4.19. The molecular formula is C24H32F2N3O8P. The minimum absolute atomic E-state index is 0.146. The number of hydrogen-bond acceptors (Lipinski definition) is 10. The molecule has 0 saturated carbocycles. The third kappa shape index (κ3) is 6.58. The van der Waals surface area contributed by atoms with Crippen LogP contribution in [0.5, 0.6) is 5.75 Å². The fourth-order valence-electron chi connectivity index (χ4n) is 3.98. The standard InChI is InChI=1S/C24H32F2N3O8P/c1-14(2)34-21(31)15(3)12-38(33,37-17-8-6-5-7-9-17)36-16(4)19-20(30)24(26,13-25)22(35-19)29-11-10-18(27)28-23(29)32/h5-11,14-16,19-20,22,30H,12-13H2,1-4H3,(H2,27,28,32)/t15-,16-,19-,20+,22-,24?,38-/m1/s1. The summed E-state index contributed by atoms with van der Waals surface area (Å²) in [5.74, 6) is -1.54. The summed E-state index contributed by atoms with van der Waals surface area (Å²) >= 11 is 0. The van der Waals surface area contributed by atoms with E-state index in [9.17, 15) is 23.7 Å². The van der Waals surface area contributed by atoms with Crippen LogP contribution in [0.4, 0.5) is 14.6 Å². The molecule has 1 aliphatic rings. The fourth-order valence-corrected chi connectivity index (χ4v) is 6.08. The van der Waals surface area contributed by atoms with Crippen LogP contribution in [0.2, 0.25) is 0 Å². The molecule has 3 rings (SSSR count). The van der Waals surface area contributed by atoms with Crippen LogP contribution in [0.3, 0.4) is 0 Å². The van der Waals surface area contributed by atoms with Crippen molar-refractivity contribution < 1.29 is 41.8 Å². The van der Waals surface area contributed by atoms with Crippen LogP contribution in [-0.4, -0.2) is 63.5 Å². The lowest BCUT2D eigenvalue weighted by Gasteiger charge is -2.29. The average Bonchev–Trinajstić information content (AvgIpc) is 3.10. The van der Waals surface area contributed by atoms with E-state index >= 15 is 4.39 Å². The molecule has 1 unspecified atom stereocenters. The molecular weight excluding hydrogens is 527 g/mol. The first-order valence-corrected chi connectivity index (χ1v) is 13.7. The smallest absolute Gasteiger partial charge is 0.380 e. The van der Waals surface area contributed by atoms with E-state index in [2.05, 4.69) is 4.98 Å². The van der Waals surface area contributed by atoms with Gasteiger partial charge < -0.3 is 24.8 Å². The largest absolute Gasteiger partial charge is 0.463 e. The molecule has 3 N–H and O–H groups in total. The van der Waals surface area contributed by atoms with Gasteiger partial charge in [-0.05, 0) is 39.0 Å². The number of rotatable bonds is 11. The summed E-state index contributed by atoms with van der Waals surface area (Å²) in [5, 5.41) is 10.7. The van der Waals surface area contributed by atoms with E-state index < -0.39 is 74.3 Å². The van der Waals surface area contributed by atoms with E-state index in [-0.39, 0.29) is 11.6 Å². The Morgan fingerprint density at radius 2 is 1.92 bits per heavy atom. The van der Waals surface area contributed by atoms with E-state index in [1.54, 1.807) is 32.0 Å². The number of nitrogen functional groups attached to an aromatic ring is 1. The monoisotopic (exact) mass is 559 g/mol. The predicted octanol–water partition coefficient (Wildman–Crippen LogP) is 3.03. The Labute approximate surface area is 218 Å². The lowest BCUT2D eigenvalue weighted by atomic mass is 9.95. The molecule has 38 heavy (non-hydrogen) atoms. The predicted molar refractivity (Wildman–Crippen MR) is 133 cm³/mol. The Balaban J connectivity index is 1.88. The number of esters is 1. The van der Waals surface area contributed by atoms with Crippen molar-refractivity contribution in [2.24, 2.45) is 5.92 Å². The molecule has 1 aromatic carbocycles. The maximum absolute atomic E-state index is 15.7. The Kier molecular flexibility index (Phi) is 9.30. The Morgan fingerprint density at radius 1 is 1.26 bits per heavy atom. The first-order valence-electron chi connectivity index (χ1n) is 12.0. The number of carbonyl (C=O) groups is 1. The zero-order chi connectivity index (χ0) is 28.3. The minimum atomic E-state index is -4.19. The van der Waals surface area contributed by atoms with E-state index in [1.165, 1.54) is 32.0 Å². The fraction of sp³-hybridized carbons (Fsp3) is 0.542. The highest BCUT2D eigenvalue weighted by atomic mass is 31.2. The van der Waals surface area contributed by atoms with Crippen molar-refractivity contribution in [2.45, 2.75) is 64.0 Å². The quantitative estimate of drug-likeness (QED) is 0.310. The Bertz CT molecular complexity index is 1220. The van der Waals surface area contributed by atoms with E-state index in [4.69, 9.17) is 24.3 Å². The highest BCUT2D eigenvalue weighted by molar-refractivity contribution is 7.54. The van der Waals surface area contributed by atoms with Gasteiger partial charge in [-0.3, -0.25) is 13.9 Å². The second kappa shape index (κ2) is 11.9. The number of aromatic nitrogens is 2. The number of alkyl halides is 2. The summed E-state index contributed by atoms with van der Waals surface area (Å²) in [6.45, 7) is 4.40. The molecule has 210 valence electrons. The highest BCUT2D eigenvalue weighted by Crippen LogP contribution is 2.53. The number of aliphatic hydroxyl groups excluding tert-OH is 1. The number of hydrogen-bond donors (Lipinski definition) is 2. The van der Waals surface area contributed by atoms with Crippen LogP contribution in [0.15, 0.2) is 47.4 Å². The van der Waals surface area contributed by atoms with Gasteiger partial charge >= 0.3 is 19.3 Å². The highest BCUT2D eigenvalue weighted by Gasteiger charge is 2.61. The molecule has 0 aliphatic carbocycles. The first-order chi connectivity index (χ1) is 17.8. The van der Waals surface area contributed by atoms with Crippen molar-refractivity contribution in [3.63, 3.8) is 0 Å². The molecule has 0 radical (unpaired) electrons. The molecule has 0 bridgehead atoms. The van der Waals surface area contributed by atoms with Gasteiger partial charge in [0.05, 0.1) is 24.3 Å². The maximum Gasteiger partial charge on any atom is 0.380 e. The summed E-state index contributed by atoms with van der Waals surface area (Å²) in [6.07, 6.45) is -6.77. The lowest BCUT2D eigenvalue weighted by molar-refractivity contribution is -0.151. The van der Waals surface area contributed by atoms with Crippen molar-refractivity contribution in [1.29, 1.82) is 0 Å². The maximum atomic E-state index is 15.7. The summed E-state index contributed by atoms with van der Waals surface area (Å²) < 4.78 is 66.4. The summed E-state index contributed by atoms with van der Waals surface area (Å²) in [6, 6.07) is 9.19. The van der Waals surface area contributed by atoms with Gasteiger partial charge in [0.2, 0.25) is 5.67 Å². The van der Waals surface area contributed by atoms with Crippen molar-refractivity contribution in [2.75, 3.05) is 18.6 Å². The van der Waals surface area contributed by atoms with Gasteiger partial charge in [0, 0.05) is 6.20 Å². The second-order valence-corrected chi connectivity index (χ2v) is 11.4. The molecule has 1 aromatic heterocycles. The van der Waals surface area contributed by atoms with Gasteiger partial charge in [0.15, 0.2) is 6.23 Å². The van der Waals surface area contributed by atoms with Crippen LogP contribution < -0.4 is 15.9 Å². The normalized spacial score (nSPS) is 26.5. The second-order valence-electron chi connectivity index (χ2n) is 9.40. The Morgan fingerprint density at radius 3 is 2.50 bits per heavy atom. The molecule has 1 fully saturated rings. The molecule has 2 heterocycles. The van der Waals surface area contributed by atoms with Gasteiger partial charge in [0.1, 0.15) is 30.4 Å². The number of para-hydroxylation sites is 1. The van der Waals surface area contributed by atoms with Crippen molar-refractivity contribution >= 4 is 19.4 Å².